The summed E-state index contributed by atoms with van der Waals surface area (Å²) < 4.78 is 44.3. The predicted octanol–water partition coefficient (Wildman–Crippen LogP) is 3.81. The lowest BCUT2D eigenvalue weighted by Crippen LogP contribution is -2.41. The Labute approximate surface area is 193 Å². The van der Waals surface area contributed by atoms with Crippen molar-refractivity contribution in [1.29, 1.82) is 0 Å². The minimum absolute atomic E-state index is 0.0282. The van der Waals surface area contributed by atoms with E-state index in [4.69, 9.17) is 21.4 Å². The summed E-state index contributed by atoms with van der Waals surface area (Å²) in [6, 6.07) is 3.01. The molecule has 0 saturated heterocycles. The van der Waals surface area contributed by atoms with Crippen LogP contribution in [0.15, 0.2) is 18.2 Å². The fourth-order valence-electron chi connectivity index (χ4n) is 2.89. The van der Waals surface area contributed by atoms with Gasteiger partial charge in [0.25, 0.3) is 0 Å². The smallest absolute Gasteiger partial charge is 0.400 e. The highest BCUT2D eigenvalue weighted by Gasteiger charge is 2.33. The molecule has 1 atom stereocenters. The van der Waals surface area contributed by atoms with E-state index in [2.05, 4.69) is 34.7 Å². The maximum atomic E-state index is 12.9. The molecule has 0 saturated carbocycles. The number of alkyl halides is 3. The van der Waals surface area contributed by atoms with E-state index in [0.29, 0.717) is 19.0 Å². The van der Waals surface area contributed by atoms with E-state index < -0.39 is 22.8 Å². The fourth-order valence-corrected chi connectivity index (χ4v) is 3.12. The molecule has 1 aromatic rings. The quantitative estimate of drug-likeness (QED) is 0.339. The van der Waals surface area contributed by atoms with Gasteiger partial charge in [-0.05, 0) is 58.5 Å². The van der Waals surface area contributed by atoms with Gasteiger partial charge in [0, 0.05) is 45.6 Å². The van der Waals surface area contributed by atoms with E-state index in [0.717, 1.165) is 45.3 Å². The first-order chi connectivity index (χ1) is 15.1. The number of carbonyl (C=O) groups excluding carboxylic acids is 1. The summed E-state index contributed by atoms with van der Waals surface area (Å²) in [7, 11) is 4.60. The Balaban J connectivity index is 0.00000466. The summed E-state index contributed by atoms with van der Waals surface area (Å²) in [5.41, 5.74) is -0.957. The molecule has 1 rings (SSSR count). The van der Waals surface area contributed by atoms with E-state index in [1.54, 1.807) is 7.11 Å². The van der Waals surface area contributed by atoms with Crippen LogP contribution < -0.4 is 16.0 Å². The number of benzene rings is 1. The average molecular weight is 485 g/mol. The number of hydrogen-bond acceptors (Lipinski definition) is 5. The number of hydrogen-bond donors (Lipinski definition) is 4. The van der Waals surface area contributed by atoms with Crippen molar-refractivity contribution in [3.05, 3.63) is 28.8 Å². The molecule has 0 bridgehead atoms. The number of rotatable bonds is 12. The molecular formula is C21H36ClF3N4O3. The molecule has 0 aliphatic heterocycles. The SMILES string of the molecule is CNCCC(CN(CCCNC(=O)Nc1ccc(Cl)c(C(F)(F)F)c1)C(C)C)OC.CO. The molecule has 0 spiro atoms. The van der Waals surface area contributed by atoms with Gasteiger partial charge in [-0.3, -0.25) is 4.90 Å². The molecule has 7 nitrogen and oxygen atoms in total. The van der Waals surface area contributed by atoms with Crippen LogP contribution in [0, 0.1) is 0 Å². The van der Waals surface area contributed by atoms with Crippen LogP contribution in [0.1, 0.15) is 32.3 Å². The molecule has 1 unspecified atom stereocenters. The molecule has 11 heteroatoms. The monoisotopic (exact) mass is 484 g/mol. The zero-order chi connectivity index (χ0) is 24.7. The highest BCUT2D eigenvalue weighted by Crippen LogP contribution is 2.36. The third-order valence-corrected chi connectivity index (χ3v) is 4.98. The Hall–Kier alpha value is -1.59. The van der Waals surface area contributed by atoms with Crippen molar-refractivity contribution < 1.29 is 27.8 Å². The van der Waals surface area contributed by atoms with Gasteiger partial charge in [-0.2, -0.15) is 13.2 Å². The van der Waals surface area contributed by atoms with Crippen molar-refractivity contribution in [3.63, 3.8) is 0 Å². The molecule has 4 N–H and O–H groups in total. The topological polar surface area (TPSA) is 85.9 Å². The number of urea groups is 1. The number of aliphatic hydroxyl groups excluding tert-OH is 1. The van der Waals surface area contributed by atoms with Gasteiger partial charge in [0.1, 0.15) is 0 Å². The van der Waals surface area contributed by atoms with Gasteiger partial charge in [-0.25, -0.2) is 4.79 Å². The van der Waals surface area contributed by atoms with Crippen molar-refractivity contribution >= 4 is 23.3 Å². The Morgan fingerprint density at radius 3 is 2.44 bits per heavy atom. The largest absolute Gasteiger partial charge is 0.417 e. The number of ether oxygens (including phenoxy) is 1. The fraction of sp³-hybridized carbons (Fsp3) is 0.667. The van der Waals surface area contributed by atoms with Crippen molar-refractivity contribution in [2.75, 3.05) is 52.8 Å². The predicted molar refractivity (Wildman–Crippen MR) is 122 cm³/mol. The maximum Gasteiger partial charge on any atom is 0.417 e. The van der Waals surface area contributed by atoms with Crippen LogP contribution in [0.2, 0.25) is 5.02 Å². The second-order valence-corrected chi connectivity index (χ2v) is 7.67. The van der Waals surface area contributed by atoms with Gasteiger partial charge in [0.2, 0.25) is 0 Å². The maximum absolute atomic E-state index is 12.9. The summed E-state index contributed by atoms with van der Waals surface area (Å²) >= 11 is 5.58. The van der Waals surface area contributed by atoms with Crippen molar-refractivity contribution in [2.45, 2.75) is 45.0 Å². The Morgan fingerprint density at radius 2 is 1.91 bits per heavy atom. The minimum atomic E-state index is -4.58. The van der Waals surface area contributed by atoms with Gasteiger partial charge in [0.15, 0.2) is 0 Å². The van der Waals surface area contributed by atoms with Crippen LogP contribution in [0.4, 0.5) is 23.7 Å². The van der Waals surface area contributed by atoms with Gasteiger partial charge in [-0.15, -0.1) is 0 Å². The number of halogens is 4. The summed E-state index contributed by atoms with van der Waals surface area (Å²) in [6.45, 7) is 7.01. The molecule has 0 aliphatic rings. The van der Waals surface area contributed by atoms with E-state index >= 15 is 0 Å². The van der Waals surface area contributed by atoms with Crippen molar-refractivity contribution in [2.24, 2.45) is 0 Å². The molecule has 186 valence electrons. The number of carbonyl (C=O) groups is 1. The molecule has 0 fully saturated rings. The Morgan fingerprint density at radius 1 is 1.25 bits per heavy atom. The van der Waals surface area contributed by atoms with Crippen LogP contribution in [0.25, 0.3) is 0 Å². The third-order valence-electron chi connectivity index (χ3n) is 4.66. The van der Waals surface area contributed by atoms with E-state index in [9.17, 15) is 18.0 Å². The normalized spacial score (nSPS) is 12.4. The van der Waals surface area contributed by atoms with Crippen LogP contribution in [-0.2, 0) is 10.9 Å². The molecular weight excluding hydrogens is 449 g/mol. The summed E-state index contributed by atoms with van der Waals surface area (Å²) in [6.07, 6.45) is -2.87. The molecule has 1 aromatic carbocycles. The second kappa shape index (κ2) is 16.1. The van der Waals surface area contributed by atoms with Crippen molar-refractivity contribution in [1.82, 2.24) is 15.5 Å². The molecule has 0 aliphatic carbocycles. The highest BCUT2D eigenvalue weighted by atomic mass is 35.5. The number of methoxy groups -OCH3 is 1. The molecule has 0 aromatic heterocycles. The average Bonchev–Trinajstić information content (AvgIpc) is 2.74. The van der Waals surface area contributed by atoms with Gasteiger partial charge < -0.3 is 25.8 Å². The van der Waals surface area contributed by atoms with E-state index in [1.807, 2.05) is 7.05 Å². The molecule has 32 heavy (non-hydrogen) atoms. The first-order valence-corrected chi connectivity index (χ1v) is 10.7. The molecule has 0 radical (unpaired) electrons. The third kappa shape index (κ3) is 11.9. The number of nitrogens with one attached hydrogen (secondary N) is 3. The summed E-state index contributed by atoms with van der Waals surface area (Å²) in [5.74, 6) is 0. The number of amides is 2. The molecule has 2 amide bonds. The lowest BCUT2D eigenvalue weighted by Gasteiger charge is -2.30. The van der Waals surface area contributed by atoms with Gasteiger partial charge in [-0.1, -0.05) is 11.6 Å². The number of nitrogens with zero attached hydrogens (tertiary/aromatic N) is 1. The second-order valence-electron chi connectivity index (χ2n) is 7.27. The number of anilines is 1. The zero-order valence-corrected chi connectivity index (χ0v) is 20.1. The Bertz CT molecular complexity index is 664. The Kier molecular flexibility index (Phi) is 15.3. The number of aliphatic hydroxyl groups is 1. The standard InChI is InChI=1S/C20H32ClF3N4O2.CH4O/c1-14(2)28(13-16(30-4)8-10-25-3)11-5-9-26-19(29)27-15-6-7-18(21)17(12-15)20(22,23)24;1-2/h6-7,12,14,16,25H,5,8-11,13H2,1-4H3,(H2,26,27,29);2H,1H3. The van der Waals surface area contributed by atoms with E-state index in [1.165, 1.54) is 6.07 Å². The van der Waals surface area contributed by atoms with Gasteiger partial charge >= 0.3 is 12.2 Å². The lowest BCUT2D eigenvalue weighted by molar-refractivity contribution is -0.137. The summed E-state index contributed by atoms with van der Waals surface area (Å²) in [5, 5.41) is 14.8. The van der Waals surface area contributed by atoms with E-state index in [-0.39, 0.29) is 11.8 Å². The summed E-state index contributed by atoms with van der Waals surface area (Å²) in [4.78, 5) is 14.3. The highest BCUT2D eigenvalue weighted by molar-refractivity contribution is 6.31. The van der Waals surface area contributed by atoms with Crippen LogP contribution in [0.3, 0.4) is 0 Å². The minimum Gasteiger partial charge on any atom is -0.400 e. The first kappa shape index (κ1) is 30.4. The van der Waals surface area contributed by atoms with Gasteiger partial charge in [0.05, 0.1) is 16.7 Å². The zero-order valence-electron chi connectivity index (χ0n) is 19.4. The van der Waals surface area contributed by atoms with Crippen LogP contribution >= 0.6 is 11.6 Å². The first-order valence-electron chi connectivity index (χ1n) is 10.4. The lowest BCUT2D eigenvalue weighted by atomic mass is 10.2. The van der Waals surface area contributed by atoms with Crippen molar-refractivity contribution in [3.8, 4) is 0 Å². The van der Waals surface area contributed by atoms with Crippen LogP contribution in [-0.4, -0.2) is 75.6 Å². The van der Waals surface area contributed by atoms with Crippen LogP contribution in [0.5, 0.6) is 0 Å². The molecule has 0 heterocycles.